The molecular formula is C12H14N2O. The van der Waals surface area contributed by atoms with Crippen LogP contribution in [0.1, 0.15) is 11.5 Å². The number of methoxy groups -OCH3 is 1. The molecule has 1 aliphatic rings. The zero-order valence-corrected chi connectivity index (χ0v) is 8.73. The van der Waals surface area contributed by atoms with Gasteiger partial charge in [0, 0.05) is 19.0 Å². The summed E-state index contributed by atoms with van der Waals surface area (Å²) in [5.74, 6) is 1.28. The van der Waals surface area contributed by atoms with E-state index in [1.807, 2.05) is 24.3 Å². The summed E-state index contributed by atoms with van der Waals surface area (Å²) in [6.45, 7) is 1.69. The SMILES string of the molecule is COc1ccc([C@@H]2CNC[C@@H]2C#N)cc1. The molecule has 1 aromatic carbocycles. The van der Waals surface area contributed by atoms with E-state index in [4.69, 9.17) is 10.00 Å². The highest BCUT2D eigenvalue weighted by atomic mass is 16.5. The van der Waals surface area contributed by atoms with Gasteiger partial charge in [-0.15, -0.1) is 0 Å². The Bertz CT molecular complexity index is 366. The number of ether oxygens (including phenoxy) is 1. The quantitative estimate of drug-likeness (QED) is 0.790. The van der Waals surface area contributed by atoms with E-state index in [1.54, 1.807) is 7.11 Å². The summed E-state index contributed by atoms with van der Waals surface area (Å²) in [5.41, 5.74) is 1.22. The maximum Gasteiger partial charge on any atom is 0.118 e. The van der Waals surface area contributed by atoms with Crippen molar-refractivity contribution in [2.75, 3.05) is 20.2 Å². The molecule has 0 bridgehead atoms. The Hall–Kier alpha value is -1.53. The molecule has 0 unspecified atom stereocenters. The van der Waals surface area contributed by atoms with Crippen molar-refractivity contribution in [2.45, 2.75) is 5.92 Å². The number of nitriles is 1. The third kappa shape index (κ3) is 1.95. The highest BCUT2D eigenvalue weighted by Gasteiger charge is 2.27. The van der Waals surface area contributed by atoms with Crippen LogP contribution in [0.15, 0.2) is 24.3 Å². The fourth-order valence-corrected chi connectivity index (χ4v) is 2.02. The highest BCUT2D eigenvalue weighted by Crippen LogP contribution is 2.28. The molecule has 0 saturated carbocycles. The van der Waals surface area contributed by atoms with E-state index in [2.05, 4.69) is 11.4 Å². The average molecular weight is 202 g/mol. The van der Waals surface area contributed by atoms with Gasteiger partial charge in [0.15, 0.2) is 0 Å². The summed E-state index contributed by atoms with van der Waals surface area (Å²) >= 11 is 0. The number of rotatable bonds is 2. The van der Waals surface area contributed by atoms with Crippen LogP contribution < -0.4 is 10.1 Å². The van der Waals surface area contributed by atoms with E-state index >= 15 is 0 Å². The fourth-order valence-electron chi connectivity index (χ4n) is 2.02. The van der Waals surface area contributed by atoms with Crippen molar-refractivity contribution < 1.29 is 4.74 Å². The Morgan fingerprint density at radius 1 is 1.33 bits per heavy atom. The summed E-state index contributed by atoms with van der Waals surface area (Å²) < 4.78 is 5.10. The van der Waals surface area contributed by atoms with Crippen molar-refractivity contribution in [1.29, 1.82) is 5.26 Å². The van der Waals surface area contributed by atoms with Crippen LogP contribution in [-0.2, 0) is 0 Å². The van der Waals surface area contributed by atoms with Crippen molar-refractivity contribution in [3.05, 3.63) is 29.8 Å². The van der Waals surface area contributed by atoms with Gasteiger partial charge < -0.3 is 10.1 Å². The first-order chi connectivity index (χ1) is 7.35. The molecule has 1 N–H and O–H groups in total. The van der Waals surface area contributed by atoms with Crippen molar-refractivity contribution in [3.8, 4) is 11.8 Å². The number of hydrogen-bond acceptors (Lipinski definition) is 3. The third-order valence-electron chi connectivity index (χ3n) is 2.92. The number of benzene rings is 1. The lowest BCUT2D eigenvalue weighted by Crippen LogP contribution is -2.08. The Morgan fingerprint density at radius 2 is 2.07 bits per heavy atom. The monoisotopic (exact) mass is 202 g/mol. The number of hydrogen-bond donors (Lipinski definition) is 1. The molecule has 1 saturated heterocycles. The van der Waals surface area contributed by atoms with E-state index < -0.39 is 0 Å². The van der Waals surface area contributed by atoms with E-state index in [0.29, 0.717) is 5.92 Å². The molecule has 0 radical (unpaired) electrons. The smallest absolute Gasteiger partial charge is 0.118 e. The summed E-state index contributed by atoms with van der Waals surface area (Å²) in [5, 5.41) is 12.2. The van der Waals surface area contributed by atoms with Gasteiger partial charge in [-0.05, 0) is 17.7 Å². The maximum atomic E-state index is 8.98. The molecule has 78 valence electrons. The average Bonchev–Trinajstić information content (AvgIpc) is 2.77. The minimum atomic E-state index is 0.0957. The normalized spacial score (nSPS) is 24.8. The molecule has 15 heavy (non-hydrogen) atoms. The first-order valence-electron chi connectivity index (χ1n) is 5.09. The second-order valence-electron chi connectivity index (χ2n) is 3.77. The van der Waals surface area contributed by atoms with Gasteiger partial charge in [-0.3, -0.25) is 0 Å². The van der Waals surface area contributed by atoms with Crippen molar-refractivity contribution in [1.82, 2.24) is 5.32 Å². The van der Waals surface area contributed by atoms with E-state index in [9.17, 15) is 0 Å². The van der Waals surface area contributed by atoms with E-state index in [-0.39, 0.29) is 5.92 Å². The van der Waals surface area contributed by atoms with Crippen LogP contribution in [0.25, 0.3) is 0 Å². The molecule has 0 aromatic heterocycles. The number of nitrogens with zero attached hydrogens (tertiary/aromatic N) is 1. The molecule has 3 heteroatoms. The minimum absolute atomic E-state index is 0.0957. The topological polar surface area (TPSA) is 45.0 Å². The molecule has 0 amide bonds. The summed E-state index contributed by atoms with van der Waals surface area (Å²) in [7, 11) is 1.66. The largest absolute Gasteiger partial charge is 0.497 e. The van der Waals surface area contributed by atoms with Crippen LogP contribution in [0.5, 0.6) is 5.75 Å². The summed E-state index contributed by atoms with van der Waals surface area (Å²) in [6.07, 6.45) is 0. The lowest BCUT2D eigenvalue weighted by Gasteiger charge is -2.12. The van der Waals surface area contributed by atoms with Crippen molar-refractivity contribution in [3.63, 3.8) is 0 Å². The highest BCUT2D eigenvalue weighted by molar-refractivity contribution is 5.31. The summed E-state index contributed by atoms with van der Waals surface area (Å²) in [6, 6.07) is 10.3. The van der Waals surface area contributed by atoms with Crippen molar-refractivity contribution >= 4 is 0 Å². The lowest BCUT2D eigenvalue weighted by molar-refractivity contribution is 0.414. The van der Waals surface area contributed by atoms with E-state index in [1.165, 1.54) is 5.56 Å². The zero-order valence-electron chi connectivity index (χ0n) is 8.73. The van der Waals surface area contributed by atoms with Gasteiger partial charge in [0.1, 0.15) is 5.75 Å². The van der Waals surface area contributed by atoms with Crippen LogP contribution >= 0.6 is 0 Å². The molecule has 2 atom stereocenters. The molecule has 3 nitrogen and oxygen atoms in total. The second kappa shape index (κ2) is 4.33. The third-order valence-corrected chi connectivity index (χ3v) is 2.92. The van der Waals surface area contributed by atoms with Gasteiger partial charge in [0.25, 0.3) is 0 Å². The van der Waals surface area contributed by atoms with Gasteiger partial charge in [0.05, 0.1) is 19.1 Å². The molecule has 0 spiro atoms. The zero-order chi connectivity index (χ0) is 10.7. The molecule has 1 fully saturated rings. The molecule has 1 aromatic rings. The Labute approximate surface area is 89.7 Å². The van der Waals surface area contributed by atoms with Gasteiger partial charge in [0.2, 0.25) is 0 Å². The lowest BCUT2D eigenvalue weighted by atomic mass is 9.90. The van der Waals surface area contributed by atoms with Gasteiger partial charge >= 0.3 is 0 Å². The predicted molar refractivity (Wildman–Crippen MR) is 57.7 cm³/mol. The molecular weight excluding hydrogens is 188 g/mol. The van der Waals surface area contributed by atoms with Crippen LogP contribution in [0.3, 0.4) is 0 Å². The van der Waals surface area contributed by atoms with Crippen LogP contribution in [0.2, 0.25) is 0 Å². The first kappa shape index (κ1) is 10.0. The molecule has 2 rings (SSSR count). The summed E-state index contributed by atoms with van der Waals surface area (Å²) in [4.78, 5) is 0. The Kier molecular flexibility index (Phi) is 2.89. The maximum absolute atomic E-state index is 8.98. The Morgan fingerprint density at radius 3 is 2.67 bits per heavy atom. The van der Waals surface area contributed by atoms with Gasteiger partial charge in [-0.25, -0.2) is 0 Å². The second-order valence-corrected chi connectivity index (χ2v) is 3.77. The molecule has 1 aliphatic heterocycles. The van der Waals surface area contributed by atoms with Gasteiger partial charge in [-0.1, -0.05) is 12.1 Å². The fraction of sp³-hybridized carbons (Fsp3) is 0.417. The van der Waals surface area contributed by atoms with Crippen LogP contribution in [0, 0.1) is 17.2 Å². The molecule has 1 heterocycles. The number of nitrogens with one attached hydrogen (secondary N) is 1. The van der Waals surface area contributed by atoms with Crippen molar-refractivity contribution in [2.24, 2.45) is 5.92 Å². The van der Waals surface area contributed by atoms with E-state index in [0.717, 1.165) is 18.8 Å². The standard InChI is InChI=1S/C12H14N2O/c1-15-11-4-2-9(3-5-11)12-8-14-7-10(12)6-13/h2-5,10,12,14H,7-8H2,1H3/t10-,12-/m0/s1. The van der Waals surface area contributed by atoms with Crippen LogP contribution in [-0.4, -0.2) is 20.2 Å². The van der Waals surface area contributed by atoms with Crippen LogP contribution in [0.4, 0.5) is 0 Å². The van der Waals surface area contributed by atoms with Gasteiger partial charge in [-0.2, -0.15) is 5.26 Å². The Balaban J connectivity index is 2.19. The first-order valence-corrected chi connectivity index (χ1v) is 5.09. The minimum Gasteiger partial charge on any atom is -0.497 e. The molecule has 0 aliphatic carbocycles. The predicted octanol–water partition coefficient (Wildman–Crippen LogP) is 1.52.